The van der Waals surface area contributed by atoms with E-state index in [1.807, 2.05) is 13.8 Å². The number of alkyl halides is 3. The van der Waals surface area contributed by atoms with Crippen LogP contribution in [0.1, 0.15) is 36.3 Å². The smallest absolute Gasteiger partial charge is 0.453 e. The molecule has 0 spiro atoms. The van der Waals surface area contributed by atoms with E-state index in [4.69, 9.17) is 13.9 Å². The van der Waals surface area contributed by atoms with E-state index in [-0.39, 0.29) is 46.8 Å². The van der Waals surface area contributed by atoms with E-state index in [9.17, 15) is 23.1 Å². The minimum atomic E-state index is -4.99. The van der Waals surface area contributed by atoms with Gasteiger partial charge in [0.25, 0.3) is 5.76 Å². The van der Waals surface area contributed by atoms with Crippen LogP contribution in [-0.4, -0.2) is 30.4 Å². The molecule has 0 unspecified atom stereocenters. The van der Waals surface area contributed by atoms with E-state index in [2.05, 4.69) is 0 Å². The molecule has 1 fully saturated rings. The number of hydrogen-bond acceptors (Lipinski definition) is 5. The normalized spacial score (nSPS) is 21.1. The van der Waals surface area contributed by atoms with Gasteiger partial charge in [-0.25, -0.2) is 0 Å². The van der Waals surface area contributed by atoms with E-state index < -0.39 is 23.1 Å². The van der Waals surface area contributed by atoms with Gasteiger partial charge < -0.3 is 23.9 Å². The minimum absolute atomic E-state index is 0.0498. The van der Waals surface area contributed by atoms with Crippen molar-refractivity contribution in [2.45, 2.75) is 52.6 Å². The highest BCUT2D eigenvalue weighted by Crippen LogP contribution is 2.40. The molecule has 2 atom stereocenters. The second-order valence-electron chi connectivity index (χ2n) is 8.99. The highest BCUT2D eigenvalue weighted by Gasteiger charge is 2.41. The van der Waals surface area contributed by atoms with Crippen molar-refractivity contribution >= 4 is 11.0 Å². The summed E-state index contributed by atoms with van der Waals surface area (Å²) >= 11 is 0. The number of ether oxygens (including phenoxy) is 2. The van der Waals surface area contributed by atoms with Gasteiger partial charge in [0, 0.05) is 0 Å². The molecule has 3 aromatic rings. The third kappa shape index (κ3) is 4.76. The van der Waals surface area contributed by atoms with E-state index in [1.165, 1.54) is 12.1 Å². The third-order valence-corrected chi connectivity index (χ3v) is 5.95. The summed E-state index contributed by atoms with van der Waals surface area (Å²) in [6.07, 6.45) is -5.09. The van der Waals surface area contributed by atoms with Crippen molar-refractivity contribution in [3.05, 3.63) is 63.0 Å². The van der Waals surface area contributed by atoms with Crippen molar-refractivity contribution in [1.29, 1.82) is 0 Å². The molecule has 0 amide bonds. The van der Waals surface area contributed by atoms with Crippen LogP contribution in [0.4, 0.5) is 13.2 Å². The summed E-state index contributed by atoms with van der Waals surface area (Å²) in [6.45, 7) is 8.65. The molecular formula is C25H27F3NO5+. The number of halogens is 3. The number of aromatic hydroxyl groups is 1. The first kappa shape index (κ1) is 24.1. The summed E-state index contributed by atoms with van der Waals surface area (Å²) in [5, 5.41) is 10.4. The lowest BCUT2D eigenvalue weighted by molar-refractivity contribution is -0.928. The summed E-state index contributed by atoms with van der Waals surface area (Å²) in [4.78, 5) is 14.3. The molecular weight excluding hydrogens is 451 g/mol. The number of nitrogens with one attached hydrogen (secondary N) is 1. The van der Waals surface area contributed by atoms with Crippen LogP contribution < -0.4 is 15.1 Å². The average Bonchev–Trinajstić information content (AvgIpc) is 2.73. The fraction of sp³-hybridized carbons (Fsp3) is 0.400. The maximum Gasteiger partial charge on any atom is 0.453 e. The molecule has 1 aliphatic rings. The fourth-order valence-electron chi connectivity index (χ4n) is 4.45. The van der Waals surface area contributed by atoms with Crippen LogP contribution >= 0.6 is 0 Å². The number of benzene rings is 2. The lowest BCUT2D eigenvalue weighted by atomic mass is 10.1. The lowest BCUT2D eigenvalue weighted by Crippen LogP contribution is -3.14. The number of morpholine rings is 1. The highest BCUT2D eigenvalue weighted by atomic mass is 19.4. The summed E-state index contributed by atoms with van der Waals surface area (Å²) in [7, 11) is 0. The summed E-state index contributed by atoms with van der Waals surface area (Å²) in [5.74, 6) is -2.55. The maximum atomic E-state index is 14.0. The predicted octanol–water partition coefficient (Wildman–Crippen LogP) is 4.12. The zero-order valence-electron chi connectivity index (χ0n) is 19.4. The van der Waals surface area contributed by atoms with Crippen molar-refractivity contribution in [3.63, 3.8) is 0 Å². The molecule has 1 aliphatic heterocycles. The summed E-state index contributed by atoms with van der Waals surface area (Å²) in [5.41, 5.74) is 0.251. The summed E-state index contributed by atoms with van der Waals surface area (Å²) in [6, 6.07) is 7.61. The SMILES string of the molecule is Cc1ccc(C)c(Oc2c(C(F)(F)F)oc3c(C[NH+]4C[C@@H](C)O[C@H](C)C4)c(O)ccc3c2=O)c1. The molecule has 182 valence electrons. The molecule has 4 rings (SSSR count). The number of phenols is 1. The Balaban J connectivity index is 1.87. The molecule has 9 heteroatoms. The van der Waals surface area contributed by atoms with Crippen molar-refractivity contribution in [2.24, 2.45) is 0 Å². The standard InChI is InChI=1S/C25H26F3NO5/c1-13-5-6-14(2)20(9-13)33-23-21(31)17-7-8-19(30)18(22(17)34-24(23)25(26,27)28)12-29-10-15(3)32-16(4)11-29/h5-9,15-16,30H,10-12H2,1-4H3/p+1/t15-,16-/m1/s1. The van der Waals surface area contributed by atoms with E-state index in [0.29, 0.717) is 18.7 Å². The lowest BCUT2D eigenvalue weighted by Gasteiger charge is -2.32. The van der Waals surface area contributed by atoms with Gasteiger partial charge in [-0.05, 0) is 57.0 Å². The van der Waals surface area contributed by atoms with Crippen LogP contribution in [0.3, 0.4) is 0 Å². The maximum absolute atomic E-state index is 14.0. The Morgan fingerprint density at radius 2 is 1.79 bits per heavy atom. The van der Waals surface area contributed by atoms with Crippen LogP contribution in [0.15, 0.2) is 39.5 Å². The number of hydrogen-bond donors (Lipinski definition) is 2. The van der Waals surface area contributed by atoms with Crippen molar-refractivity contribution in [1.82, 2.24) is 0 Å². The van der Waals surface area contributed by atoms with E-state index in [0.717, 1.165) is 10.5 Å². The quantitative estimate of drug-likeness (QED) is 0.590. The molecule has 0 saturated carbocycles. The second kappa shape index (κ2) is 8.96. The van der Waals surface area contributed by atoms with Gasteiger partial charge in [0.1, 0.15) is 43.3 Å². The van der Waals surface area contributed by atoms with Gasteiger partial charge in [-0.15, -0.1) is 0 Å². The van der Waals surface area contributed by atoms with Crippen LogP contribution in [0.2, 0.25) is 0 Å². The van der Waals surface area contributed by atoms with Gasteiger partial charge in [0.2, 0.25) is 11.2 Å². The van der Waals surface area contributed by atoms with Crippen LogP contribution in [0, 0.1) is 13.8 Å². The van der Waals surface area contributed by atoms with E-state index in [1.54, 1.807) is 32.0 Å². The Labute approximate surface area is 194 Å². The van der Waals surface area contributed by atoms with Gasteiger partial charge in [0.15, 0.2) is 5.58 Å². The second-order valence-corrected chi connectivity index (χ2v) is 8.99. The predicted molar refractivity (Wildman–Crippen MR) is 120 cm³/mol. The molecule has 2 aromatic carbocycles. The number of rotatable bonds is 4. The molecule has 1 saturated heterocycles. The molecule has 2 N–H and O–H groups in total. The monoisotopic (exact) mass is 478 g/mol. The van der Waals surface area contributed by atoms with Gasteiger partial charge in [0.05, 0.1) is 10.9 Å². The van der Waals surface area contributed by atoms with Crippen LogP contribution in [-0.2, 0) is 17.5 Å². The molecule has 0 bridgehead atoms. The largest absolute Gasteiger partial charge is 0.507 e. The first-order valence-corrected chi connectivity index (χ1v) is 11.1. The zero-order valence-corrected chi connectivity index (χ0v) is 19.4. The van der Waals surface area contributed by atoms with Gasteiger partial charge in [-0.1, -0.05) is 12.1 Å². The van der Waals surface area contributed by atoms with Crippen molar-refractivity contribution in [2.75, 3.05) is 13.1 Å². The Kier molecular flexibility index (Phi) is 6.35. The number of aryl methyl sites for hydroxylation is 2. The van der Waals surface area contributed by atoms with E-state index >= 15 is 0 Å². The topological polar surface area (TPSA) is 73.3 Å². The molecule has 2 heterocycles. The van der Waals surface area contributed by atoms with Crippen LogP contribution in [0.5, 0.6) is 17.2 Å². The number of quaternary nitrogens is 1. The zero-order chi connectivity index (χ0) is 24.8. The molecule has 0 radical (unpaired) electrons. The molecule has 0 aliphatic carbocycles. The summed E-state index contributed by atoms with van der Waals surface area (Å²) < 4.78 is 58.7. The Morgan fingerprint density at radius 3 is 2.44 bits per heavy atom. The Morgan fingerprint density at radius 1 is 1.12 bits per heavy atom. The Bertz CT molecular complexity index is 1270. The molecule has 1 aromatic heterocycles. The highest BCUT2D eigenvalue weighted by molar-refractivity contribution is 5.83. The average molecular weight is 478 g/mol. The number of fused-ring (bicyclic) bond motifs is 1. The van der Waals surface area contributed by atoms with Crippen LogP contribution in [0.25, 0.3) is 11.0 Å². The Hall–Kier alpha value is -3.04. The first-order chi connectivity index (χ1) is 15.9. The van der Waals surface area contributed by atoms with Crippen molar-refractivity contribution in [3.8, 4) is 17.2 Å². The fourth-order valence-corrected chi connectivity index (χ4v) is 4.45. The number of phenolic OH excluding ortho intramolecular Hbond substituents is 1. The molecule has 34 heavy (non-hydrogen) atoms. The first-order valence-electron chi connectivity index (χ1n) is 11.1. The molecule has 6 nitrogen and oxygen atoms in total. The minimum Gasteiger partial charge on any atom is -0.507 e. The third-order valence-electron chi connectivity index (χ3n) is 5.95. The van der Waals surface area contributed by atoms with Gasteiger partial charge in [-0.2, -0.15) is 13.2 Å². The van der Waals surface area contributed by atoms with Crippen molar-refractivity contribution < 1.29 is 37.1 Å². The van der Waals surface area contributed by atoms with Gasteiger partial charge in [-0.3, -0.25) is 4.79 Å². The van der Waals surface area contributed by atoms with Gasteiger partial charge >= 0.3 is 6.18 Å².